The minimum absolute atomic E-state index is 0.103. The molecule has 0 aliphatic heterocycles. The number of ether oxygens (including phenoxy) is 1. The molecule has 0 saturated carbocycles. The summed E-state index contributed by atoms with van der Waals surface area (Å²) in [5.74, 6) is -0.905. The quantitative estimate of drug-likeness (QED) is 0.257. The van der Waals surface area contributed by atoms with E-state index in [0.29, 0.717) is 5.56 Å². The Kier molecular flexibility index (Phi) is 8.03. The molecule has 0 aliphatic carbocycles. The van der Waals surface area contributed by atoms with E-state index in [1.807, 2.05) is 94.4 Å². The average Bonchev–Trinajstić information content (AvgIpc) is 2.86. The highest BCUT2D eigenvalue weighted by molar-refractivity contribution is 9.10. The number of fused-ring (bicyclic) bond motifs is 1. The number of aromatic nitrogens is 2. The normalized spacial score (nSPS) is 12.2. The Hall–Kier alpha value is -3.58. The van der Waals surface area contributed by atoms with Crippen LogP contribution in [0.3, 0.4) is 0 Å². The first-order valence-corrected chi connectivity index (χ1v) is 13.0. The fourth-order valence-corrected chi connectivity index (χ4v) is 4.65. The van der Waals surface area contributed by atoms with E-state index in [1.165, 1.54) is 0 Å². The number of amides is 1. The Morgan fingerprint density at radius 1 is 1.03 bits per heavy atom. The van der Waals surface area contributed by atoms with Crippen LogP contribution in [0.15, 0.2) is 77.4 Å². The molecule has 2 aromatic carbocycles. The summed E-state index contributed by atoms with van der Waals surface area (Å²) in [6, 6.07) is 21.1. The molecule has 37 heavy (non-hydrogen) atoms. The van der Waals surface area contributed by atoms with Crippen molar-refractivity contribution in [2.75, 3.05) is 6.54 Å². The lowest BCUT2D eigenvalue weighted by Crippen LogP contribution is -2.32. The fraction of sp³-hybridized carbons (Fsp3) is 0.267. The van der Waals surface area contributed by atoms with Crippen molar-refractivity contribution in [3.05, 3.63) is 94.2 Å². The number of rotatable bonds is 7. The van der Waals surface area contributed by atoms with Crippen LogP contribution in [0.1, 0.15) is 54.7 Å². The Bertz CT molecular complexity index is 1420. The topological polar surface area (TPSA) is 81.2 Å². The first-order chi connectivity index (χ1) is 17.6. The van der Waals surface area contributed by atoms with Crippen LogP contribution in [0.25, 0.3) is 22.2 Å². The zero-order chi connectivity index (χ0) is 26.6. The molecule has 1 amide bonds. The van der Waals surface area contributed by atoms with E-state index in [9.17, 15) is 9.59 Å². The molecule has 0 saturated heterocycles. The molecule has 0 radical (unpaired) electrons. The number of hydrogen-bond acceptors (Lipinski definition) is 5. The monoisotopic (exact) mass is 559 g/mol. The van der Waals surface area contributed by atoms with Gasteiger partial charge in [-0.2, -0.15) is 0 Å². The van der Waals surface area contributed by atoms with E-state index in [1.54, 1.807) is 6.20 Å². The summed E-state index contributed by atoms with van der Waals surface area (Å²) < 4.78 is 6.40. The van der Waals surface area contributed by atoms with Crippen LogP contribution in [-0.2, 0) is 9.53 Å². The molecule has 2 aromatic heterocycles. The van der Waals surface area contributed by atoms with Crippen LogP contribution < -0.4 is 5.32 Å². The minimum atomic E-state index is -0.594. The molecule has 4 rings (SSSR count). The summed E-state index contributed by atoms with van der Waals surface area (Å²) in [7, 11) is 0. The van der Waals surface area contributed by atoms with Crippen LogP contribution in [0.2, 0.25) is 0 Å². The van der Waals surface area contributed by atoms with Gasteiger partial charge in [0.2, 0.25) is 0 Å². The highest BCUT2D eigenvalue weighted by Crippen LogP contribution is 2.31. The predicted octanol–water partition coefficient (Wildman–Crippen LogP) is 6.61. The molecule has 0 aliphatic rings. The zero-order valence-electron chi connectivity index (χ0n) is 21.4. The molecule has 190 valence electrons. The number of hydrogen-bond donors (Lipinski definition) is 1. The standard InChI is InChI=1S/C30H30BrN3O3/c1-19-27(23-17-22(31)13-14-25(23)34-28(19)20-10-6-5-7-11-20)29(36)33-18-21(24-12-8-9-15-32-24)16-26(35)37-30(2,3)4/h5-15,17,21H,16,18H2,1-4H3,(H,33,36). The Labute approximate surface area is 225 Å². The molecule has 1 atom stereocenters. The van der Waals surface area contributed by atoms with Gasteiger partial charge in [-0.25, -0.2) is 4.98 Å². The molecule has 4 aromatic rings. The summed E-state index contributed by atoms with van der Waals surface area (Å²) >= 11 is 3.53. The van der Waals surface area contributed by atoms with E-state index >= 15 is 0 Å². The van der Waals surface area contributed by atoms with Crippen LogP contribution >= 0.6 is 15.9 Å². The second-order valence-electron chi connectivity index (χ2n) is 9.94. The number of pyridine rings is 2. The number of carbonyl (C=O) groups is 2. The Morgan fingerprint density at radius 2 is 1.76 bits per heavy atom. The van der Waals surface area contributed by atoms with Gasteiger partial charge in [-0.3, -0.25) is 14.6 Å². The van der Waals surface area contributed by atoms with Crippen LogP contribution in [0, 0.1) is 6.92 Å². The Morgan fingerprint density at radius 3 is 2.43 bits per heavy atom. The van der Waals surface area contributed by atoms with Gasteiger partial charge < -0.3 is 10.1 Å². The van der Waals surface area contributed by atoms with Gasteiger partial charge in [0.25, 0.3) is 5.91 Å². The molecule has 1 unspecified atom stereocenters. The van der Waals surface area contributed by atoms with Gasteiger partial charge in [0.1, 0.15) is 5.60 Å². The maximum Gasteiger partial charge on any atom is 0.307 e. The number of halogens is 1. The van der Waals surface area contributed by atoms with E-state index in [-0.39, 0.29) is 30.8 Å². The third kappa shape index (κ3) is 6.60. The minimum Gasteiger partial charge on any atom is -0.460 e. The maximum absolute atomic E-state index is 13.7. The molecule has 0 bridgehead atoms. The van der Waals surface area contributed by atoms with Crippen molar-refractivity contribution in [3.63, 3.8) is 0 Å². The van der Waals surface area contributed by atoms with Crippen LogP contribution in [-0.4, -0.2) is 34.0 Å². The van der Waals surface area contributed by atoms with E-state index < -0.39 is 5.60 Å². The third-order valence-electron chi connectivity index (χ3n) is 5.91. The van der Waals surface area contributed by atoms with Crippen molar-refractivity contribution in [1.82, 2.24) is 15.3 Å². The molecule has 6 nitrogen and oxygen atoms in total. The average molecular weight is 560 g/mol. The van der Waals surface area contributed by atoms with Crippen molar-refractivity contribution < 1.29 is 14.3 Å². The summed E-state index contributed by atoms with van der Waals surface area (Å²) in [5.41, 5.74) is 3.90. The Balaban J connectivity index is 1.67. The lowest BCUT2D eigenvalue weighted by Gasteiger charge is -2.22. The van der Waals surface area contributed by atoms with Crippen molar-refractivity contribution in [2.45, 2.75) is 45.6 Å². The van der Waals surface area contributed by atoms with Crippen molar-refractivity contribution >= 4 is 38.7 Å². The first kappa shape index (κ1) is 26.5. The van der Waals surface area contributed by atoms with Crippen molar-refractivity contribution in [3.8, 4) is 11.3 Å². The van der Waals surface area contributed by atoms with E-state index in [2.05, 4.69) is 26.2 Å². The SMILES string of the molecule is Cc1c(-c2ccccc2)nc2ccc(Br)cc2c1C(=O)NCC(CC(=O)OC(C)(C)C)c1ccccn1. The predicted molar refractivity (Wildman–Crippen MR) is 149 cm³/mol. The molecule has 2 heterocycles. The third-order valence-corrected chi connectivity index (χ3v) is 6.41. The lowest BCUT2D eigenvalue weighted by atomic mass is 9.96. The molecule has 1 N–H and O–H groups in total. The van der Waals surface area contributed by atoms with Crippen LogP contribution in [0.4, 0.5) is 0 Å². The summed E-state index contributed by atoms with van der Waals surface area (Å²) in [6.45, 7) is 7.65. The lowest BCUT2D eigenvalue weighted by molar-refractivity contribution is -0.155. The van der Waals surface area contributed by atoms with Gasteiger partial charge in [0.15, 0.2) is 0 Å². The van der Waals surface area contributed by atoms with Crippen LogP contribution in [0.5, 0.6) is 0 Å². The number of nitrogens with zero attached hydrogens (tertiary/aromatic N) is 2. The molecule has 0 fully saturated rings. The number of carbonyl (C=O) groups excluding carboxylic acids is 2. The first-order valence-electron chi connectivity index (χ1n) is 12.2. The fourth-order valence-electron chi connectivity index (χ4n) is 4.29. The van der Waals surface area contributed by atoms with Gasteiger partial charge in [-0.05, 0) is 63.6 Å². The van der Waals surface area contributed by atoms with E-state index in [0.717, 1.165) is 37.9 Å². The molecule has 0 spiro atoms. The van der Waals surface area contributed by atoms with E-state index in [4.69, 9.17) is 9.72 Å². The van der Waals surface area contributed by atoms with Crippen molar-refractivity contribution in [2.24, 2.45) is 0 Å². The van der Waals surface area contributed by atoms with Gasteiger partial charge in [0.05, 0.1) is 23.2 Å². The number of nitrogens with one attached hydrogen (secondary N) is 1. The smallest absolute Gasteiger partial charge is 0.307 e. The van der Waals surface area contributed by atoms with Gasteiger partial charge in [-0.1, -0.05) is 52.3 Å². The van der Waals surface area contributed by atoms with Crippen molar-refractivity contribution in [1.29, 1.82) is 0 Å². The second-order valence-corrected chi connectivity index (χ2v) is 10.9. The highest BCUT2D eigenvalue weighted by Gasteiger charge is 2.25. The second kappa shape index (κ2) is 11.2. The number of benzene rings is 2. The zero-order valence-corrected chi connectivity index (χ0v) is 23.0. The highest BCUT2D eigenvalue weighted by atomic mass is 79.9. The van der Waals surface area contributed by atoms with Gasteiger partial charge in [0, 0.05) is 39.8 Å². The largest absolute Gasteiger partial charge is 0.460 e. The molecular formula is C30H30BrN3O3. The summed E-state index contributed by atoms with van der Waals surface area (Å²) in [5, 5.41) is 3.82. The summed E-state index contributed by atoms with van der Waals surface area (Å²) in [4.78, 5) is 35.7. The summed E-state index contributed by atoms with van der Waals surface area (Å²) in [6.07, 6.45) is 1.79. The molecular weight excluding hydrogens is 530 g/mol. The maximum atomic E-state index is 13.7. The van der Waals surface area contributed by atoms with Gasteiger partial charge in [-0.15, -0.1) is 0 Å². The molecule has 7 heteroatoms. The number of esters is 1. The van der Waals surface area contributed by atoms with Gasteiger partial charge >= 0.3 is 5.97 Å².